The van der Waals surface area contributed by atoms with Crippen LogP contribution in [-0.2, 0) is 17.0 Å². The molecule has 0 amide bonds. The lowest BCUT2D eigenvalue weighted by Crippen LogP contribution is -2.37. The standard InChI is InChI=1S/C23H24N4O2S3/c28-22-18-5-1-2-6-19(18)25-23(27(22)9-4-8-26-10-12-29-13-11-26)32-16-17-15-31-21(24-17)20-7-3-14-30-20/h1-3,5-7,14-15H,4,8-13,16H2. The van der Waals surface area contributed by atoms with Gasteiger partial charge in [-0.2, -0.15) is 0 Å². The molecule has 1 aliphatic rings. The van der Waals surface area contributed by atoms with Crippen LogP contribution in [0.2, 0.25) is 0 Å². The van der Waals surface area contributed by atoms with E-state index in [-0.39, 0.29) is 5.56 Å². The van der Waals surface area contributed by atoms with Crippen molar-refractivity contribution >= 4 is 45.3 Å². The monoisotopic (exact) mass is 484 g/mol. The first-order valence-corrected chi connectivity index (χ1v) is 13.4. The molecule has 4 heterocycles. The van der Waals surface area contributed by atoms with Crippen molar-refractivity contribution in [3.05, 3.63) is 63.2 Å². The Morgan fingerprint density at radius 1 is 1.03 bits per heavy atom. The molecule has 3 aromatic heterocycles. The van der Waals surface area contributed by atoms with Crippen molar-refractivity contribution in [1.29, 1.82) is 0 Å². The number of thioether (sulfide) groups is 1. The maximum absolute atomic E-state index is 13.3. The summed E-state index contributed by atoms with van der Waals surface area (Å²) < 4.78 is 7.28. The Labute approximate surface area is 198 Å². The van der Waals surface area contributed by atoms with Gasteiger partial charge in [-0.3, -0.25) is 14.3 Å². The molecule has 1 saturated heterocycles. The van der Waals surface area contributed by atoms with Crippen LogP contribution in [0.25, 0.3) is 20.8 Å². The highest BCUT2D eigenvalue weighted by Crippen LogP contribution is 2.30. The fourth-order valence-corrected chi connectivity index (χ4v) is 6.41. The number of aromatic nitrogens is 3. The van der Waals surface area contributed by atoms with Gasteiger partial charge in [0.15, 0.2) is 5.16 Å². The summed E-state index contributed by atoms with van der Waals surface area (Å²) in [6.07, 6.45) is 0.909. The molecule has 1 aliphatic heterocycles. The molecule has 32 heavy (non-hydrogen) atoms. The Balaban J connectivity index is 1.34. The predicted molar refractivity (Wildman–Crippen MR) is 133 cm³/mol. The van der Waals surface area contributed by atoms with E-state index in [1.807, 2.05) is 34.9 Å². The second-order valence-corrected chi connectivity index (χ2v) is 10.3. The minimum Gasteiger partial charge on any atom is -0.379 e. The molecule has 0 atom stereocenters. The van der Waals surface area contributed by atoms with Gasteiger partial charge in [0.1, 0.15) is 5.01 Å². The van der Waals surface area contributed by atoms with Gasteiger partial charge in [-0.25, -0.2) is 9.97 Å². The summed E-state index contributed by atoms with van der Waals surface area (Å²) in [5.74, 6) is 0.691. The van der Waals surface area contributed by atoms with Crippen molar-refractivity contribution in [1.82, 2.24) is 19.4 Å². The van der Waals surface area contributed by atoms with Crippen LogP contribution in [0, 0.1) is 0 Å². The number of hydrogen-bond donors (Lipinski definition) is 0. The summed E-state index contributed by atoms with van der Waals surface area (Å²) in [6, 6.07) is 11.8. The second kappa shape index (κ2) is 10.3. The van der Waals surface area contributed by atoms with Gasteiger partial charge in [0, 0.05) is 37.3 Å². The molecular weight excluding hydrogens is 460 g/mol. The van der Waals surface area contributed by atoms with Crippen LogP contribution < -0.4 is 5.56 Å². The molecule has 0 radical (unpaired) electrons. The molecule has 1 fully saturated rings. The topological polar surface area (TPSA) is 60.2 Å². The molecule has 6 nitrogen and oxygen atoms in total. The smallest absolute Gasteiger partial charge is 0.262 e. The molecule has 9 heteroatoms. The van der Waals surface area contributed by atoms with Crippen molar-refractivity contribution < 1.29 is 4.74 Å². The third kappa shape index (κ3) is 4.97. The zero-order chi connectivity index (χ0) is 21.8. The highest BCUT2D eigenvalue weighted by atomic mass is 32.2. The molecule has 0 bridgehead atoms. The maximum atomic E-state index is 13.3. The highest BCUT2D eigenvalue weighted by Gasteiger charge is 2.15. The van der Waals surface area contributed by atoms with Crippen LogP contribution in [0.4, 0.5) is 0 Å². The van der Waals surface area contributed by atoms with Gasteiger partial charge in [-0.15, -0.1) is 22.7 Å². The summed E-state index contributed by atoms with van der Waals surface area (Å²) in [5, 5.41) is 6.66. The molecule has 0 aliphatic carbocycles. The van der Waals surface area contributed by atoms with Crippen LogP contribution in [0.15, 0.2) is 57.1 Å². The number of ether oxygens (including phenoxy) is 1. The molecule has 166 valence electrons. The fourth-order valence-electron chi connectivity index (χ4n) is 3.76. The first-order chi connectivity index (χ1) is 15.8. The van der Waals surface area contributed by atoms with Gasteiger partial charge in [0.25, 0.3) is 5.56 Å². The lowest BCUT2D eigenvalue weighted by molar-refractivity contribution is 0.0368. The highest BCUT2D eigenvalue weighted by molar-refractivity contribution is 7.98. The van der Waals surface area contributed by atoms with E-state index in [0.29, 0.717) is 17.7 Å². The molecule has 4 aromatic rings. The van der Waals surface area contributed by atoms with Crippen LogP contribution >= 0.6 is 34.4 Å². The minimum absolute atomic E-state index is 0.0395. The Bertz CT molecular complexity index is 1230. The quantitative estimate of drug-likeness (QED) is 0.269. The minimum atomic E-state index is 0.0395. The SMILES string of the molecule is O=c1c2ccccc2nc(SCc2csc(-c3cccs3)n2)n1CCCN1CCOCC1. The molecule has 0 unspecified atom stereocenters. The lowest BCUT2D eigenvalue weighted by Gasteiger charge is -2.26. The summed E-state index contributed by atoms with van der Waals surface area (Å²) in [5.41, 5.74) is 1.81. The van der Waals surface area contributed by atoms with Crippen LogP contribution in [0.1, 0.15) is 12.1 Å². The molecule has 0 spiro atoms. The normalized spacial score (nSPS) is 14.9. The average molecular weight is 485 g/mol. The Kier molecular flexibility index (Phi) is 6.99. The van der Waals surface area contributed by atoms with Crippen LogP contribution in [-0.4, -0.2) is 52.3 Å². The first kappa shape index (κ1) is 21.8. The van der Waals surface area contributed by atoms with E-state index < -0.39 is 0 Å². The van der Waals surface area contributed by atoms with E-state index in [0.717, 1.165) is 60.6 Å². The third-order valence-electron chi connectivity index (χ3n) is 5.42. The summed E-state index contributed by atoms with van der Waals surface area (Å²) in [6.45, 7) is 5.13. The third-order valence-corrected chi connectivity index (χ3v) is 8.36. The number of rotatable bonds is 8. The van der Waals surface area contributed by atoms with Crippen molar-refractivity contribution in [2.45, 2.75) is 23.9 Å². The Morgan fingerprint density at radius 3 is 2.75 bits per heavy atom. The van der Waals surface area contributed by atoms with Crippen molar-refractivity contribution in [2.24, 2.45) is 0 Å². The number of fused-ring (bicyclic) bond motifs is 1. The predicted octanol–water partition coefficient (Wildman–Crippen LogP) is 4.60. The number of hydrogen-bond acceptors (Lipinski definition) is 8. The number of thiazole rings is 1. The van der Waals surface area contributed by atoms with E-state index in [1.165, 1.54) is 4.88 Å². The first-order valence-electron chi connectivity index (χ1n) is 10.7. The number of benzene rings is 1. The van der Waals surface area contributed by atoms with Gasteiger partial charge < -0.3 is 4.74 Å². The van der Waals surface area contributed by atoms with E-state index >= 15 is 0 Å². The van der Waals surface area contributed by atoms with Crippen molar-refractivity contribution in [2.75, 3.05) is 32.8 Å². The van der Waals surface area contributed by atoms with Gasteiger partial charge in [-0.1, -0.05) is 30.0 Å². The van der Waals surface area contributed by atoms with E-state index in [2.05, 4.69) is 21.7 Å². The largest absolute Gasteiger partial charge is 0.379 e. The molecule has 0 N–H and O–H groups in total. The number of morpholine rings is 1. The maximum Gasteiger partial charge on any atom is 0.262 e. The lowest BCUT2D eigenvalue weighted by atomic mass is 10.2. The second-order valence-electron chi connectivity index (χ2n) is 7.59. The molecule has 1 aromatic carbocycles. The molecule has 5 rings (SSSR count). The van der Waals surface area contributed by atoms with Crippen LogP contribution in [0.3, 0.4) is 0 Å². The van der Waals surface area contributed by atoms with E-state index in [4.69, 9.17) is 14.7 Å². The zero-order valence-corrected chi connectivity index (χ0v) is 20.1. The molecule has 0 saturated carbocycles. The summed E-state index contributed by atoms with van der Waals surface area (Å²) >= 11 is 4.96. The van der Waals surface area contributed by atoms with E-state index in [9.17, 15) is 4.79 Å². The molecular formula is C23H24N4O2S3. The Morgan fingerprint density at radius 2 is 1.91 bits per heavy atom. The Hall–Kier alpha value is -2.04. The average Bonchev–Trinajstić information content (AvgIpc) is 3.52. The fraction of sp³-hybridized carbons (Fsp3) is 0.348. The summed E-state index contributed by atoms with van der Waals surface area (Å²) in [4.78, 5) is 26.5. The number of nitrogens with zero attached hydrogens (tertiary/aromatic N) is 4. The summed E-state index contributed by atoms with van der Waals surface area (Å²) in [7, 11) is 0. The number of para-hydroxylation sites is 1. The van der Waals surface area contributed by atoms with E-state index in [1.54, 1.807) is 34.4 Å². The van der Waals surface area contributed by atoms with Gasteiger partial charge >= 0.3 is 0 Å². The van der Waals surface area contributed by atoms with Gasteiger partial charge in [0.05, 0.1) is 34.7 Å². The van der Waals surface area contributed by atoms with Crippen LogP contribution in [0.5, 0.6) is 0 Å². The van der Waals surface area contributed by atoms with Gasteiger partial charge in [0.2, 0.25) is 0 Å². The van der Waals surface area contributed by atoms with Crippen molar-refractivity contribution in [3.8, 4) is 9.88 Å². The number of thiophene rings is 1. The van der Waals surface area contributed by atoms with Gasteiger partial charge in [-0.05, 0) is 30.0 Å². The zero-order valence-electron chi connectivity index (χ0n) is 17.6. The van der Waals surface area contributed by atoms with Crippen molar-refractivity contribution in [3.63, 3.8) is 0 Å².